The van der Waals surface area contributed by atoms with Crippen molar-refractivity contribution in [2.24, 2.45) is 0 Å². The number of nitrogens with zero attached hydrogens (tertiary/aromatic N) is 2. The van der Waals surface area contributed by atoms with Gasteiger partial charge in [0.15, 0.2) is 6.61 Å². The molecule has 0 spiro atoms. The van der Waals surface area contributed by atoms with Gasteiger partial charge in [-0.1, -0.05) is 38.3 Å². The third kappa shape index (κ3) is 3.68. The summed E-state index contributed by atoms with van der Waals surface area (Å²) in [4.78, 5) is 54.7. The Labute approximate surface area is 181 Å². The fourth-order valence-corrected chi connectivity index (χ4v) is 5.04. The number of nitrogens with one attached hydrogen (secondary N) is 1. The Hall–Kier alpha value is -2.90. The maximum Gasteiger partial charge on any atom is 0.354 e. The molecule has 1 saturated carbocycles. The number of hydrogen-bond donors (Lipinski definition) is 1. The van der Waals surface area contributed by atoms with Crippen molar-refractivity contribution in [3.63, 3.8) is 0 Å². The first-order valence-corrected chi connectivity index (χ1v) is 11.2. The van der Waals surface area contributed by atoms with Crippen LogP contribution in [0.2, 0.25) is 0 Å². The monoisotopic (exact) mass is 427 g/mol. The third-order valence-electron chi connectivity index (χ3n) is 6.45. The van der Waals surface area contributed by atoms with E-state index in [1.807, 2.05) is 6.92 Å². The Morgan fingerprint density at radius 2 is 1.90 bits per heavy atom. The van der Waals surface area contributed by atoms with Gasteiger partial charge in [0.05, 0.1) is 11.3 Å². The quantitative estimate of drug-likeness (QED) is 0.703. The second-order valence-electron chi connectivity index (χ2n) is 8.50. The molecule has 1 saturated heterocycles. The van der Waals surface area contributed by atoms with Crippen molar-refractivity contribution >= 4 is 29.4 Å². The SMILES string of the molecule is CCCN1C(=O)c2ccccc2N2C(=O)CC[C@]12C(=O)OCC(=O)NC1CCCCC1. The van der Waals surface area contributed by atoms with Crippen LogP contribution < -0.4 is 10.2 Å². The topological polar surface area (TPSA) is 96.0 Å². The van der Waals surface area contributed by atoms with Crippen LogP contribution in [0, 0.1) is 0 Å². The van der Waals surface area contributed by atoms with Gasteiger partial charge in [-0.3, -0.25) is 19.3 Å². The lowest BCUT2D eigenvalue weighted by atomic mass is 9.95. The highest BCUT2D eigenvalue weighted by molar-refractivity contribution is 6.15. The Balaban J connectivity index is 1.57. The summed E-state index contributed by atoms with van der Waals surface area (Å²) in [6, 6.07) is 6.93. The first-order valence-electron chi connectivity index (χ1n) is 11.2. The summed E-state index contributed by atoms with van der Waals surface area (Å²) in [6.07, 6.45) is 6.10. The molecule has 1 aromatic carbocycles. The Bertz CT molecular complexity index is 895. The van der Waals surface area contributed by atoms with Gasteiger partial charge in [0, 0.05) is 25.4 Å². The van der Waals surface area contributed by atoms with Crippen LogP contribution in [-0.4, -0.2) is 53.4 Å². The molecule has 1 aliphatic carbocycles. The number of amides is 3. The average Bonchev–Trinajstić information content (AvgIpc) is 3.14. The van der Waals surface area contributed by atoms with Crippen molar-refractivity contribution in [3.05, 3.63) is 29.8 Å². The predicted octanol–water partition coefficient (Wildman–Crippen LogP) is 2.37. The van der Waals surface area contributed by atoms with E-state index in [4.69, 9.17) is 4.74 Å². The number of benzene rings is 1. The van der Waals surface area contributed by atoms with Crippen LogP contribution in [0.25, 0.3) is 0 Å². The minimum Gasteiger partial charge on any atom is -0.452 e. The molecule has 2 aliphatic heterocycles. The van der Waals surface area contributed by atoms with E-state index in [0.717, 1.165) is 25.7 Å². The first-order chi connectivity index (χ1) is 15.0. The molecule has 4 rings (SSSR count). The van der Waals surface area contributed by atoms with Crippen LogP contribution in [-0.2, 0) is 19.1 Å². The number of carbonyl (C=O) groups excluding carboxylic acids is 4. The second kappa shape index (κ2) is 8.69. The van der Waals surface area contributed by atoms with Crippen LogP contribution in [0.3, 0.4) is 0 Å². The molecule has 8 nitrogen and oxygen atoms in total. The highest BCUT2D eigenvalue weighted by atomic mass is 16.5. The molecule has 3 amide bonds. The lowest BCUT2D eigenvalue weighted by Crippen LogP contribution is -2.68. The van der Waals surface area contributed by atoms with Crippen molar-refractivity contribution in [1.29, 1.82) is 0 Å². The number of ether oxygens (including phenoxy) is 1. The summed E-state index contributed by atoms with van der Waals surface area (Å²) >= 11 is 0. The zero-order chi connectivity index (χ0) is 22.0. The molecule has 0 bridgehead atoms. The fourth-order valence-electron chi connectivity index (χ4n) is 5.04. The Kier molecular flexibility index (Phi) is 5.98. The number of rotatable bonds is 6. The van der Waals surface area contributed by atoms with E-state index >= 15 is 0 Å². The Morgan fingerprint density at radius 1 is 1.16 bits per heavy atom. The molecule has 2 fully saturated rings. The van der Waals surface area contributed by atoms with Gasteiger partial charge in [0.2, 0.25) is 11.6 Å². The van der Waals surface area contributed by atoms with Gasteiger partial charge in [-0.2, -0.15) is 0 Å². The number of anilines is 1. The molecule has 8 heteroatoms. The molecule has 3 aliphatic rings. The van der Waals surface area contributed by atoms with Gasteiger partial charge in [-0.05, 0) is 31.4 Å². The van der Waals surface area contributed by atoms with Crippen molar-refractivity contribution in [3.8, 4) is 0 Å². The van der Waals surface area contributed by atoms with Gasteiger partial charge < -0.3 is 15.0 Å². The molecule has 0 aromatic heterocycles. The maximum absolute atomic E-state index is 13.4. The molecule has 31 heavy (non-hydrogen) atoms. The lowest BCUT2D eigenvalue weighted by molar-refractivity contribution is -0.160. The number of hydrogen-bond acceptors (Lipinski definition) is 5. The minimum atomic E-state index is -1.54. The van der Waals surface area contributed by atoms with Gasteiger partial charge in [0.25, 0.3) is 11.8 Å². The normalized spacial score (nSPS) is 23.4. The fraction of sp³-hybridized carbons (Fsp3) is 0.565. The van der Waals surface area contributed by atoms with Gasteiger partial charge in [-0.25, -0.2) is 4.79 Å². The minimum absolute atomic E-state index is 0.113. The molecule has 1 N–H and O–H groups in total. The second-order valence-corrected chi connectivity index (χ2v) is 8.50. The van der Waals surface area contributed by atoms with E-state index < -0.39 is 18.2 Å². The van der Waals surface area contributed by atoms with Crippen LogP contribution in [0.1, 0.15) is 68.6 Å². The van der Waals surface area contributed by atoms with Crippen LogP contribution in [0.5, 0.6) is 0 Å². The molecular formula is C23H29N3O5. The summed E-state index contributed by atoms with van der Waals surface area (Å²) in [5.74, 6) is -1.61. The summed E-state index contributed by atoms with van der Waals surface area (Å²) < 4.78 is 5.44. The highest BCUT2D eigenvalue weighted by Gasteiger charge is 2.61. The molecular weight excluding hydrogens is 398 g/mol. The van der Waals surface area contributed by atoms with E-state index in [2.05, 4.69) is 5.32 Å². The number of esters is 1. The maximum atomic E-state index is 13.4. The number of fused-ring (bicyclic) bond motifs is 3. The molecule has 2 heterocycles. The van der Waals surface area contributed by atoms with E-state index in [1.165, 1.54) is 16.2 Å². The van der Waals surface area contributed by atoms with Gasteiger partial charge in [0.1, 0.15) is 0 Å². The molecule has 1 atom stereocenters. The first kappa shape index (κ1) is 21.3. The summed E-state index contributed by atoms with van der Waals surface area (Å²) in [6.45, 7) is 1.79. The Morgan fingerprint density at radius 3 is 2.65 bits per heavy atom. The molecule has 1 aromatic rings. The summed E-state index contributed by atoms with van der Waals surface area (Å²) in [5.41, 5.74) is -0.723. The van der Waals surface area contributed by atoms with Gasteiger partial charge in [-0.15, -0.1) is 0 Å². The smallest absolute Gasteiger partial charge is 0.354 e. The average molecular weight is 428 g/mol. The number of carbonyl (C=O) groups is 4. The standard InChI is InChI=1S/C23H29N3O5/c1-2-14-25-21(29)17-10-6-7-11-18(17)26-20(28)12-13-23(25,26)22(30)31-15-19(27)24-16-8-4-3-5-9-16/h6-7,10-11,16H,2-5,8-9,12-15H2,1H3,(H,24,27)/t23-/m0/s1. The zero-order valence-electron chi connectivity index (χ0n) is 17.9. The third-order valence-corrected chi connectivity index (χ3v) is 6.45. The molecule has 166 valence electrons. The number of para-hydroxylation sites is 1. The van der Waals surface area contributed by atoms with Crippen LogP contribution in [0.4, 0.5) is 5.69 Å². The van der Waals surface area contributed by atoms with E-state index in [0.29, 0.717) is 24.2 Å². The van der Waals surface area contributed by atoms with Crippen molar-refractivity contribution in [1.82, 2.24) is 10.2 Å². The molecule has 0 unspecified atom stereocenters. The highest BCUT2D eigenvalue weighted by Crippen LogP contribution is 2.45. The lowest BCUT2D eigenvalue weighted by Gasteiger charge is -2.48. The van der Waals surface area contributed by atoms with Crippen molar-refractivity contribution in [2.75, 3.05) is 18.1 Å². The van der Waals surface area contributed by atoms with Crippen molar-refractivity contribution < 1.29 is 23.9 Å². The van der Waals surface area contributed by atoms with Crippen LogP contribution in [0.15, 0.2) is 24.3 Å². The van der Waals surface area contributed by atoms with Gasteiger partial charge >= 0.3 is 5.97 Å². The summed E-state index contributed by atoms with van der Waals surface area (Å²) in [7, 11) is 0. The molecule has 0 radical (unpaired) electrons. The van der Waals surface area contributed by atoms with E-state index in [-0.39, 0.29) is 36.6 Å². The van der Waals surface area contributed by atoms with E-state index in [9.17, 15) is 19.2 Å². The van der Waals surface area contributed by atoms with E-state index in [1.54, 1.807) is 24.3 Å². The zero-order valence-corrected chi connectivity index (χ0v) is 17.9. The largest absolute Gasteiger partial charge is 0.452 e. The van der Waals surface area contributed by atoms with Crippen LogP contribution >= 0.6 is 0 Å². The summed E-state index contributed by atoms with van der Waals surface area (Å²) in [5, 5.41) is 2.93. The predicted molar refractivity (Wildman–Crippen MR) is 113 cm³/mol. The van der Waals surface area contributed by atoms with Crippen molar-refractivity contribution in [2.45, 2.75) is 70.0 Å².